The summed E-state index contributed by atoms with van der Waals surface area (Å²) in [5.41, 5.74) is 0. The van der Waals surface area contributed by atoms with E-state index in [0.717, 1.165) is 0 Å². The number of hydrogen-bond donors (Lipinski definition) is 0. The van der Waals surface area contributed by atoms with Crippen LogP contribution in [0.1, 0.15) is 13.8 Å². The molecule has 3 heteroatoms. The molecule has 1 atom stereocenters. The lowest BCUT2D eigenvalue weighted by atomic mass is 10.6. The van der Waals surface area contributed by atoms with Crippen molar-refractivity contribution in [1.29, 1.82) is 0 Å². The third-order valence-electron chi connectivity index (χ3n) is 0.371. The van der Waals surface area contributed by atoms with E-state index in [1.807, 2.05) is 35.1 Å². The molecule has 0 aromatic carbocycles. The molecule has 0 aliphatic heterocycles. The van der Waals surface area contributed by atoms with Crippen LogP contribution in [0.25, 0.3) is 0 Å². The first-order chi connectivity index (χ1) is 2.64. The maximum atomic E-state index is 10.2. The summed E-state index contributed by atoms with van der Waals surface area (Å²) in [5, 5.41) is 0.311. The van der Waals surface area contributed by atoms with Crippen molar-refractivity contribution in [2.75, 3.05) is 0 Å². The molecule has 1 nitrogen and oxygen atoms in total. The molecule has 0 spiro atoms. The normalized spacial score (nSPS) is 15.5. The van der Waals surface area contributed by atoms with Gasteiger partial charge in [0, 0.05) is 8.35 Å². The van der Waals surface area contributed by atoms with Gasteiger partial charge >= 0.3 is 0 Å². The number of hydrogen-bond acceptors (Lipinski definition) is 1. The number of rotatable bonds is 1. The van der Waals surface area contributed by atoms with Crippen LogP contribution in [-0.4, -0.2) is 9.80 Å². The first kappa shape index (κ1) is 7.04. The van der Waals surface area contributed by atoms with Crippen LogP contribution in [-0.2, 0) is 8.35 Å². The van der Waals surface area contributed by atoms with Crippen LogP contribution in [0.15, 0.2) is 0 Å². The van der Waals surface area contributed by atoms with Crippen LogP contribution < -0.4 is 0 Å². The van der Waals surface area contributed by atoms with Gasteiger partial charge in [-0.25, -0.2) is 0 Å². The van der Waals surface area contributed by atoms with Crippen molar-refractivity contribution < 1.29 is 4.55 Å². The molecule has 1 unspecified atom stereocenters. The van der Waals surface area contributed by atoms with Crippen LogP contribution in [0, 0.1) is 0 Å². The summed E-state index contributed by atoms with van der Waals surface area (Å²) in [6, 6.07) is 0. The highest BCUT2D eigenvalue weighted by molar-refractivity contribution is 14.2. The van der Waals surface area contributed by atoms with E-state index < -0.39 is 8.35 Å². The lowest BCUT2D eigenvalue weighted by molar-refractivity contribution is 0.604. The van der Waals surface area contributed by atoms with Gasteiger partial charge in [0.2, 0.25) is 21.2 Å². The summed E-state index contributed by atoms with van der Waals surface area (Å²) in [6.07, 6.45) is 0. The zero-order chi connectivity index (χ0) is 5.15. The second-order valence-electron chi connectivity index (χ2n) is 1.30. The summed E-state index contributed by atoms with van der Waals surface area (Å²) in [6.45, 7) is 3.87. The smallest absolute Gasteiger partial charge is 0.248 e. The molecular weight excluding hydrogens is 211 g/mol. The first-order valence-corrected chi connectivity index (χ1v) is 5.47. The van der Waals surface area contributed by atoms with Crippen LogP contribution in [0.4, 0.5) is 0 Å². The third kappa shape index (κ3) is 3.24. The van der Waals surface area contributed by atoms with Gasteiger partial charge in [0.15, 0.2) is 0 Å². The summed E-state index contributed by atoms with van der Waals surface area (Å²) in [7, 11) is -0.647. The van der Waals surface area contributed by atoms with E-state index in [2.05, 4.69) is 0 Å². The van der Waals surface area contributed by atoms with E-state index in [0.29, 0.717) is 5.25 Å². The molecule has 0 amide bonds. The van der Waals surface area contributed by atoms with Crippen molar-refractivity contribution in [3.63, 3.8) is 0 Å². The highest BCUT2D eigenvalue weighted by Crippen LogP contribution is 2.07. The molecule has 0 bridgehead atoms. The average molecular weight is 218 g/mol. The molecule has 0 N–H and O–H groups in total. The monoisotopic (exact) mass is 218 g/mol. The Balaban J connectivity index is 2.99. The minimum Gasteiger partial charge on any atom is -0.608 e. The minimum absolute atomic E-state index is 0.311. The van der Waals surface area contributed by atoms with Crippen molar-refractivity contribution in [2.24, 2.45) is 0 Å². The van der Waals surface area contributed by atoms with Crippen molar-refractivity contribution in [3.8, 4) is 0 Å². The zero-order valence-electron chi connectivity index (χ0n) is 3.77. The van der Waals surface area contributed by atoms with Gasteiger partial charge in [-0.3, -0.25) is 0 Å². The Hall–Kier alpha value is 1.04. The second kappa shape index (κ2) is 3.10. The molecule has 0 radical (unpaired) electrons. The van der Waals surface area contributed by atoms with Crippen molar-refractivity contribution >= 4 is 29.6 Å². The average Bonchev–Trinajstić information content (AvgIpc) is 1.36. The van der Waals surface area contributed by atoms with Gasteiger partial charge in [-0.05, 0) is 13.8 Å². The molecule has 0 rings (SSSR count). The highest BCUT2D eigenvalue weighted by atomic mass is 127. The molecule has 0 aliphatic carbocycles. The molecule has 0 saturated heterocycles. The number of halogens is 1. The molecule has 0 fully saturated rings. The van der Waals surface area contributed by atoms with Gasteiger partial charge in [-0.1, -0.05) is 0 Å². The quantitative estimate of drug-likeness (QED) is 0.483. The molecule has 6 heavy (non-hydrogen) atoms. The largest absolute Gasteiger partial charge is 0.608 e. The van der Waals surface area contributed by atoms with Crippen LogP contribution in [0.3, 0.4) is 0 Å². The van der Waals surface area contributed by atoms with E-state index in [9.17, 15) is 4.55 Å². The second-order valence-corrected chi connectivity index (χ2v) is 5.34. The SMILES string of the molecule is CC(C)[S+]([O-])I. The molecule has 0 aromatic rings. The van der Waals surface area contributed by atoms with Gasteiger partial charge in [0.05, 0.1) is 0 Å². The van der Waals surface area contributed by atoms with E-state index in [-0.39, 0.29) is 0 Å². The highest BCUT2D eigenvalue weighted by Gasteiger charge is 2.03. The molecular formula is C3H7IOS. The van der Waals surface area contributed by atoms with E-state index in [4.69, 9.17) is 0 Å². The summed E-state index contributed by atoms with van der Waals surface area (Å²) < 4.78 is 10.2. The Morgan fingerprint density at radius 3 is 1.83 bits per heavy atom. The maximum Gasteiger partial charge on any atom is 0.248 e. The molecule has 0 aromatic heterocycles. The van der Waals surface area contributed by atoms with Gasteiger partial charge in [-0.15, -0.1) is 0 Å². The minimum atomic E-state index is -0.647. The zero-order valence-corrected chi connectivity index (χ0v) is 6.75. The maximum absolute atomic E-state index is 10.2. The Morgan fingerprint density at radius 2 is 1.83 bits per heavy atom. The Morgan fingerprint density at radius 1 is 1.67 bits per heavy atom. The molecule has 38 valence electrons. The van der Waals surface area contributed by atoms with Crippen molar-refractivity contribution in [2.45, 2.75) is 19.1 Å². The van der Waals surface area contributed by atoms with Gasteiger partial charge in [0.1, 0.15) is 5.25 Å². The molecule has 0 aliphatic rings. The predicted octanol–water partition coefficient (Wildman–Crippen LogP) is 1.49. The molecule has 0 saturated carbocycles. The van der Waals surface area contributed by atoms with Gasteiger partial charge in [0.25, 0.3) is 0 Å². The van der Waals surface area contributed by atoms with E-state index >= 15 is 0 Å². The van der Waals surface area contributed by atoms with Crippen molar-refractivity contribution in [1.82, 2.24) is 0 Å². The van der Waals surface area contributed by atoms with Crippen LogP contribution in [0.2, 0.25) is 0 Å². The van der Waals surface area contributed by atoms with Crippen molar-refractivity contribution in [3.05, 3.63) is 0 Å². The fourth-order valence-corrected chi connectivity index (χ4v) is 0. The Bertz CT molecular complexity index is 31.8. The van der Waals surface area contributed by atoms with Crippen LogP contribution in [0.5, 0.6) is 0 Å². The first-order valence-electron chi connectivity index (χ1n) is 1.71. The van der Waals surface area contributed by atoms with Gasteiger partial charge < -0.3 is 4.55 Å². The van der Waals surface area contributed by atoms with E-state index in [1.165, 1.54) is 0 Å². The summed E-state index contributed by atoms with van der Waals surface area (Å²) in [4.78, 5) is 0. The predicted molar refractivity (Wildman–Crippen MR) is 37.3 cm³/mol. The Kier molecular flexibility index (Phi) is 3.63. The topological polar surface area (TPSA) is 23.1 Å². The lowest BCUT2D eigenvalue weighted by Gasteiger charge is -2.02. The fraction of sp³-hybridized carbons (Fsp3) is 1.00. The third-order valence-corrected chi connectivity index (χ3v) is 4.16. The summed E-state index contributed by atoms with van der Waals surface area (Å²) >= 11 is 1.90. The lowest BCUT2D eigenvalue weighted by Crippen LogP contribution is -2.03. The van der Waals surface area contributed by atoms with Gasteiger partial charge in [-0.2, -0.15) is 0 Å². The Labute approximate surface area is 53.3 Å². The fourth-order valence-electron chi connectivity index (χ4n) is 0. The summed E-state index contributed by atoms with van der Waals surface area (Å²) in [5.74, 6) is 0. The van der Waals surface area contributed by atoms with E-state index in [1.54, 1.807) is 0 Å². The standard InChI is InChI=1S/C3H7IOS/c1-3(2)6(4)5/h3H,1-2H3. The molecule has 0 heterocycles. The van der Waals surface area contributed by atoms with Crippen LogP contribution >= 0.6 is 21.2 Å².